The van der Waals surface area contributed by atoms with E-state index in [9.17, 15) is 14.7 Å². The summed E-state index contributed by atoms with van der Waals surface area (Å²) >= 11 is 0. The third kappa shape index (κ3) is 4.31. The number of phenols is 1. The van der Waals surface area contributed by atoms with Crippen LogP contribution in [-0.2, 0) is 17.8 Å². The van der Waals surface area contributed by atoms with Crippen LogP contribution in [0.2, 0.25) is 0 Å². The summed E-state index contributed by atoms with van der Waals surface area (Å²) in [5, 5.41) is 9.51. The number of methoxy groups -OCH3 is 3. The molecule has 0 bridgehead atoms. The highest BCUT2D eigenvalue weighted by Crippen LogP contribution is 2.44. The van der Waals surface area contributed by atoms with Gasteiger partial charge in [0.15, 0.2) is 11.5 Å². The van der Waals surface area contributed by atoms with E-state index in [-0.39, 0.29) is 23.5 Å². The Bertz CT molecular complexity index is 1250. The van der Waals surface area contributed by atoms with E-state index in [0.717, 1.165) is 5.56 Å². The number of rotatable bonds is 7. The van der Waals surface area contributed by atoms with Crippen LogP contribution in [0.3, 0.4) is 0 Å². The third-order valence-electron chi connectivity index (χ3n) is 6.10. The van der Waals surface area contributed by atoms with Crippen LogP contribution < -0.4 is 24.5 Å². The second kappa shape index (κ2) is 9.51. The lowest BCUT2D eigenvalue weighted by Gasteiger charge is -2.27. The largest absolute Gasteiger partial charge is 0.508 e. The van der Waals surface area contributed by atoms with Gasteiger partial charge in [-0.1, -0.05) is 12.1 Å². The van der Waals surface area contributed by atoms with Crippen molar-refractivity contribution in [3.05, 3.63) is 75.2 Å². The van der Waals surface area contributed by atoms with Gasteiger partial charge in [-0.15, -0.1) is 0 Å². The van der Waals surface area contributed by atoms with Crippen LogP contribution in [0.25, 0.3) is 0 Å². The van der Waals surface area contributed by atoms with Crippen molar-refractivity contribution in [1.82, 2.24) is 4.57 Å². The summed E-state index contributed by atoms with van der Waals surface area (Å²) < 4.78 is 23.5. The molecule has 1 N–H and O–H groups in total. The Kier molecular flexibility index (Phi) is 6.49. The lowest BCUT2D eigenvalue weighted by atomic mass is 9.86. The van der Waals surface area contributed by atoms with Crippen molar-refractivity contribution in [3.63, 3.8) is 0 Å². The standard InChI is InChI=1S/C26H27NO7/c1-15-11-20-24(26(30)27(15)10-9-16-5-7-18(28)8-6-16)19(14-23(29)34-20)17-12-21(31-2)25(33-4)22(13-17)32-3/h5-8,11-13,19,28H,9-10,14H2,1-4H3. The molecule has 8 heteroatoms. The molecule has 0 fully saturated rings. The lowest BCUT2D eigenvalue weighted by molar-refractivity contribution is -0.135. The van der Waals surface area contributed by atoms with E-state index < -0.39 is 11.9 Å². The van der Waals surface area contributed by atoms with E-state index in [0.29, 0.717) is 47.0 Å². The van der Waals surface area contributed by atoms with Gasteiger partial charge in [-0.2, -0.15) is 0 Å². The fourth-order valence-corrected chi connectivity index (χ4v) is 4.36. The molecule has 1 unspecified atom stereocenters. The molecular weight excluding hydrogens is 438 g/mol. The molecule has 1 aliphatic rings. The first kappa shape index (κ1) is 23.2. The number of phenolic OH excluding ortho intramolecular Hbond substituents is 1. The topological polar surface area (TPSA) is 96.2 Å². The number of aromatic hydroxyl groups is 1. The monoisotopic (exact) mass is 465 g/mol. The normalized spacial score (nSPS) is 14.8. The maximum Gasteiger partial charge on any atom is 0.312 e. The van der Waals surface area contributed by atoms with Gasteiger partial charge in [-0.25, -0.2) is 0 Å². The highest BCUT2D eigenvalue weighted by molar-refractivity contribution is 5.78. The molecule has 4 rings (SSSR count). The van der Waals surface area contributed by atoms with Gasteiger partial charge in [-0.3, -0.25) is 9.59 Å². The molecule has 0 saturated carbocycles. The Morgan fingerprint density at radius 1 is 1.00 bits per heavy atom. The fraction of sp³-hybridized carbons (Fsp3) is 0.308. The first-order chi connectivity index (χ1) is 16.4. The molecule has 2 aromatic carbocycles. The van der Waals surface area contributed by atoms with Crippen LogP contribution in [0.5, 0.6) is 28.7 Å². The SMILES string of the molecule is COc1cc(C2CC(=O)Oc3cc(C)n(CCc4ccc(O)cc4)c(=O)c32)cc(OC)c1OC. The summed E-state index contributed by atoms with van der Waals surface area (Å²) in [7, 11) is 4.55. The number of carbonyl (C=O) groups excluding carboxylic acids is 1. The third-order valence-corrected chi connectivity index (χ3v) is 6.10. The molecular formula is C26H27NO7. The van der Waals surface area contributed by atoms with E-state index in [2.05, 4.69) is 0 Å². The summed E-state index contributed by atoms with van der Waals surface area (Å²) in [4.78, 5) is 26.1. The predicted molar refractivity (Wildman–Crippen MR) is 125 cm³/mol. The number of fused-ring (bicyclic) bond motifs is 1. The van der Waals surface area contributed by atoms with E-state index in [4.69, 9.17) is 18.9 Å². The predicted octanol–water partition coefficient (Wildman–Crippen LogP) is 3.57. The Labute approximate surface area is 197 Å². The minimum absolute atomic E-state index is 0.0158. The average Bonchev–Trinajstić information content (AvgIpc) is 2.83. The van der Waals surface area contributed by atoms with Crippen molar-refractivity contribution in [1.29, 1.82) is 0 Å². The zero-order chi connectivity index (χ0) is 24.4. The van der Waals surface area contributed by atoms with Gasteiger partial charge in [0.1, 0.15) is 11.5 Å². The summed E-state index contributed by atoms with van der Waals surface area (Å²) in [5.41, 5.74) is 2.60. The lowest BCUT2D eigenvalue weighted by Crippen LogP contribution is -2.33. The van der Waals surface area contributed by atoms with Gasteiger partial charge >= 0.3 is 5.97 Å². The molecule has 0 aliphatic carbocycles. The minimum atomic E-state index is -0.530. The van der Waals surface area contributed by atoms with Crippen molar-refractivity contribution >= 4 is 5.97 Å². The van der Waals surface area contributed by atoms with Crippen molar-refractivity contribution in [2.24, 2.45) is 0 Å². The van der Waals surface area contributed by atoms with E-state index >= 15 is 0 Å². The Morgan fingerprint density at radius 3 is 2.24 bits per heavy atom. The smallest absolute Gasteiger partial charge is 0.312 e. The summed E-state index contributed by atoms with van der Waals surface area (Å²) in [6.45, 7) is 2.26. The van der Waals surface area contributed by atoms with Crippen LogP contribution in [0, 0.1) is 6.92 Å². The first-order valence-electron chi connectivity index (χ1n) is 10.9. The molecule has 3 aromatic rings. The van der Waals surface area contributed by atoms with Crippen LogP contribution in [0.1, 0.15) is 34.7 Å². The fourth-order valence-electron chi connectivity index (χ4n) is 4.36. The van der Waals surface area contributed by atoms with Gasteiger partial charge in [0.2, 0.25) is 5.75 Å². The Morgan fingerprint density at radius 2 is 1.65 bits per heavy atom. The van der Waals surface area contributed by atoms with Crippen LogP contribution >= 0.6 is 0 Å². The van der Waals surface area contributed by atoms with Gasteiger partial charge in [-0.05, 0) is 48.7 Å². The number of hydrogen-bond acceptors (Lipinski definition) is 7. The van der Waals surface area contributed by atoms with Crippen LogP contribution in [0.4, 0.5) is 0 Å². The molecule has 0 saturated heterocycles. The number of ether oxygens (including phenoxy) is 4. The second-order valence-corrected chi connectivity index (χ2v) is 8.13. The minimum Gasteiger partial charge on any atom is -0.508 e. The molecule has 1 aliphatic heterocycles. The quantitative estimate of drug-likeness (QED) is 0.533. The van der Waals surface area contributed by atoms with Crippen LogP contribution in [-0.4, -0.2) is 37.0 Å². The zero-order valence-electron chi connectivity index (χ0n) is 19.6. The van der Waals surface area contributed by atoms with Crippen molar-refractivity contribution in [3.8, 4) is 28.7 Å². The molecule has 178 valence electrons. The van der Waals surface area contributed by atoms with E-state index in [1.54, 1.807) is 34.9 Å². The molecule has 1 aromatic heterocycles. The number of benzene rings is 2. The summed E-state index contributed by atoms with van der Waals surface area (Å²) in [5.74, 6) is 0.848. The maximum absolute atomic E-state index is 13.7. The zero-order valence-corrected chi connectivity index (χ0v) is 19.6. The average molecular weight is 466 g/mol. The number of carbonyl (C=O) groups is 1. The maximum atomic E-state index is 13.7. The number of esters is 1. The molecule has 34 heavy (non-hydrogen) atoms. The van der Waals surface area contributed by atoms with Gasteiger partial charge in [0.25, 0.3) is 5.56 Å². The molecule has 0 spiro atoms. The molecule has 1 atom stereocenters. The molecule has 0 amide bonds. The number of nitrogens with zero attached hydrogens (tertiary/aromatic N) is 1. The second-order valence-electron chi connectivity index (χ2n) is 8.13. The summed E-state index contributed by atoms with van der Waals surface area (Å²) in [6, 6.07) is 12.2. The van der Waals surface area contributed by atoms with Gasteiger partial charge in [0, 0.05) is 24.2 Å². The Hall–Kier alpha value is -3.94. The highest BCUT2D eigenvalue weighted by Gasteiger charge is 2.33. The van der Waals surface area contributed by atoms with E-state index in [1.807, 2.05) is 19.1 Å². The number of hydrogen-bond donors (Lipinski definition) is 1. The van der Waals surface area contributed by atoms with Crippen LogP contribution in [0.15, 0.2) is 47.3 Å². The van der Waals surface area contributed by atoms with Crippen molar-refractivity contribution in [2.75, 3.05) is 21.3 Å². The summed E-state index contributed by atoms with van der Waals surface area (Å²) in [6.07, 6.45) is 0.621. The number of aryl methyl sites for hydroxylation is 2. The highest BCUT2D eigenvalue weighted by atomic mass is 16.5. The first-order valence-corrected chi connectivity index (χ1v) is 10.9. The van der Waals surface area contributed by atoms with Gasteiger partial charge < -0.3 is 28.6 Å². The number of aromatic nitrogens is 1. The van der Waals surface area contributed by atoms with E-state index in [1.165, 1.54) is 21.3 Å². The molecule has 8 nitrogen and oxygen atoms in total. The molecule has 0 radical (unpaired) electrons. The van der Waals surface area contributed by atoms with Crippen molar-refractivity contribution < 1.29 is 28.8 Å². The Balaban J connectivity index is 1.79. The van der Waals surface area contributed by atoms with Crippen molar-refractivity contribution in [2.45, 2.75) is 32.2 Å². The molecule has 2 heterocycles. The van der Waals surface area contributed by atoms with Gasteiger partial charge in [0.05, 0.1) is 33.3 Å². The number of pyridine rings is 1.